The highest BCUT2D eigenvalue weighted by atomic mass is 35.5. The van der Waals surface area contributed by atoms with Gasteiger partial charge in [0, 0.05) is 6.04 Å². The zero-order chi connectivity index (χ0) is 13.7. The molecule has 0 saturated carbocycles. The van der Waals surface area contributed by atoms with Crippen molar-refractivity contribution >= 4 is 44.9 Å². The average molecular weight is 309 g/mol. The molecule has 0 unspecified atom stereocenters. The molecule has 0 bridgehead atoms. The summed E-state index contributed by atoms with van der Waals surface area (Å²) in [6.45, 7) is 3.22. The minimum Gasteiger partial charge on any atom is -0.306 e. The van der Waals surface area contributed by atoms with E-state index in [1.807, 2.05) is 0 Å². The zero-order valence-electron chi connectivity index (χ0n) is 9.57. The molecule has 0 aromatic heterocycles. The molecular formula is C10H10Cl2N2O3S. The smallest absolute Gasteiger partial charge is 0.306 e. The van der Waals surface area contributed by atoms with E-state index in [4.69, 9.17) is 23.2 Å². The van der Waals surface area contributed by atoms with Crippen molar-refractivity contribution in [2.24, 2.45) is 0 Å². The molecule has 0 atom stereocenters. The first-order valence-corrected chi connectivity index (χ1v) is 7.29. The fraction of sp³-hybridized carbons (Fsp3) is 0.300. The van der Waals surface area contributed by atoms with Gasteiger partial charge in [-0.2, -0.15) is 0 Å². The van der Waals surface area contributed by atoms with Crippen molar-refractivity contribution in [2.75, 3.05) is 5.32 Å². The van der Waals surface area contributed by atoms with Gasteiger partial charge in [0.25, 0.3) is 10.0 Å². The molecular weight excluding hydrogens is 299 g/mol. The van der Waals surface area contributed by atoms with Gasteiger partial charge in [0.05, 0.1) is 15.7 Å². The van der Waals surface area contributed by atoms with Gasteiger partial charge in [0.15, 0.2) is 0 Å². The molecule has 1 aliphatic heterocycles. The molecule has 18 heavy (non-hydrogen) atoms. The van der Waals surface area contributed by atoms with Crippen LogP contribution in [0.4, 0.5) is 10.5 Å². The molecule has 0 saturated heterocycles. The lowest BCUT2D eigenvalue weighted by Gasteiger charge is -2.31. The number of fused-ring (bicyclic) bond motifs is 1. The second-order valence-corrected chi connectivity index (χ2v) is 6.68. The van der Waals surface area contributed by atoms with E-state index in [-0.39, 0.29) is 20.6 Å². The van der Waals surface area contributed by atoms with Crippen molar-refractivity contribution in [3.8, 4) is 0 Å². The van der Waals surface area contributed by atoms with E-state index in [0.29, 0.717) is 0 Å². The summed E-state index contributed by atoms with van der Waals surface area (Å²) >= 11 is 11.6. The molecule has 0 aliphatic carbocycles. The number of amides is 2. The number of urea groups is 1. The van der Waals surface area contributed by atoms with Crippen molar-refractivity contribution in [3.63, 3.8) is 0 Å². The van der Waals surface area contributed by atoms with E-state index in [1.54, 1.807) is 13.8 Å². The highest BCUT2D eigenvalue weighted by Crippen LogP contribution is 2.36. The van der Waals surface area contributed by atoms with E-state index in [0.717, 1.165) is 4.31 Å². The third-order valence-corrected chi connectivity index (χ3v) is 5.19. The Bertz CT molecular complexity index is 628. The Kier molecular flexibility index (Phi) is 3.21. The maximum atomic E-state index is 12.3. The molecule has 0 fully saturated rings. The van der Waals surface area contributed by atoms with Gasteiger partial charge in [-0.15, -0.1) is 0 Å². The number of carbonyl (C=O) groups excluding carboxylic acids is 1. The minimum atomic E-state index is -3.89. The lowest BCUT2D eigenvalue weighted by molar-refractivity contribution is 0.228. The van der Waals surface area contributed by atoms with Gasteiger partial charge in [-0.05, 0) is 26.0 Å². The molecule has 2 rings (SSSR count). The van der Waals surface area contributed by atoms with Crippen molar-refractivity contribution in [2.45, 2.75) is 24.8 Å². The minimum absolute atomic E-state index is 0.0507. The molecule has 1 aliphatic rings. The third kappa shape index (κ3) is 1.94. The summed E-state index contributed by atoms with van der Waals surface area (Å²) in [5, 5.41) is 2.79. The number of halogens is 2. The van der Waals surface area contributed by atoms with Crippen molar-refractivity contribution in [1.82, 2.24) is 4.31 Å². The van der Waals surface area contributed by atoms with Crippen LogP contribution in [0.1, 0.15) is 13.8 Å². The maximum Gasteiger partial charge on any atom is 0.336 e. The number of sulfonamides is 1. The fourth-order valence-electron chi connectivity index (χ4n) is 1.74. The van der Waals surface area contributed by atoms with Gasteiger partial charge in [-0.1, -0.05) is 23.2 Å². The van der Waals surface area contributed by atoms with Crippen LogP contribution < -0.4 is 5.32 Å². The monoisotopic (exact) mass is 308 g/mol. The summed E-state index contributed by atoms with van der Waals surface area (Å²) in [6, 6.07) is 1.38. The Morgan fingerprint density at radius 1 is 1.22 bits per heavy atom. The summed E-state index contributed by atoms with van der Waals surface area (Å²) in [6.07, 6.45) is 0. The van der Waals surface area contributed by atoms with Crippen LogP contribution in [0.5, 0.6) is 0 Å². The molecule has 98 valence electrons. The Balaban J connectivity index is 2.71. The van der Waals surface area contributed by atoms with Crippen LogP contribution in [0, 0.1) is 0 Å². The average Bonchev–Trinajstić information content (AvgIpc) is 2.20. The first-order valence-electron chi connectivity index (χ1n) is 5.09. The van der Waals surface area contributed by atoms with E-state index in [2.05, 4.69) is 5.32 Å². The van der Waals surface area contributed by atoms with Gasteiger partial charge in [0.2, 0.25) is 0 Å². The van der Waals surface area contributed by atoms with Crippen molar-refractivity contribution < 1.29 is 13.2 Å². The molecule has 2 amide bonds. The van der Waals surface area contributed by atoms with Crippen LogP contribution >= 0.6 is 23.2 Å². The number of anilines is 1. The van der Waals surface area contributed by atoms with Gasteiger partial charge < -0.3 is 5.32 Å². The van der Waals surface area contributed by atoms with E-state index >= 15 is 0 Å². The largest absolute Gasteiger partial charge is 0.336 e. The van der Waals surface area contributed by atoms with Crippen molar-refractivity contribution in [1.29, 1.82) is 0 Å². The standard InChI is InChI=1S/C10H10Cl2N2O3S/c1-5(2)14-10(15)13-8-3-6(11)7(12)4-9(8)18(14,16)17/h3-5H,1-2H3,(H,13,15). The second kappa shape index (κ2) is 4.29. The van der Waals surface area contributed by atoms with Crippen LogP contribution in [0.15, 0.2) is 17.0 Å². The van der Waals surface area contributed by atoms with E-state index < -0.39 is 22.1 Å². The Morgan fingerprint density at radius 2 is 1.78 bits per heavy atom. The summed E-state index contributed by atoms with van der Waals surface area (Å²) in [4.78, 5) is 11.7. The van der Waals surface area contributed by atoms with Crippen LogP contribution in [0.3, 0.4) is 0 Å². The topological polar surface area (TPSA) is 66.5 Å². The molecule has 1 heterocycles. The number of hydrogen-bond donors (Lipinski definition) is 1. The molecule has 0 radical (unpaired) electrons. The second-order valence-electron chi connectivity index (χ2n) is 4.09. The van der Waals surface area contributed by atoms with E-state index in [9.17, 15) is 13.2 Å². The van der Waals surface area contributed by atoms with Gasteiger partial charge in [-0.25, -0.2) is 17.5 Å². The normalized spacial score (nSPS) is 17.6. The third-order valence-electron chi connectivity index (χ3n) is 2.47. The molecule has 0 spiro atoms. The Hall–Kier alpha value is -0.980. The number of hydrogen-bond acceptors (Lipinski definition) is 3. The lowest BCUT2D eigenvalue weighted by Crippen LogP contribution is -2.47. The summed E-state index contributed by atoms with van der Waals surface area (Å²) in [5.74, 6) is 0. The predicted octanol–water partition coefficient (Wildman–Crippen LogP) is 2.94. The Labute approximate surface area is 115 Å². The first-order chi connectivity index (χ1) is 8.25. The van der Waals surface area contributed by atoms with Crippen molar-refractivity contribution in [3.05, 3.63) is 22.2 Å². The summed E-state index contributed by atoms with van der Waals surface area (Å²) in [5.41, 5.74) is 0.145. The maximum absolute atomic E-state index is 12.3. The van der Waals surface area contributed by atoms with Crippen LogP contribution in [0.2, 0.25) is 10.0 Å². The highest BCUT2D eigenvalue weighted by Gasteiger charge is 2.38. The zero-order valence-corrected chi connectivity index (χ0v) is 11.9. The molecule has 8 heteroatoms. The van der Waals surface area contributed by atoms with Gasteiger partial charge >= 0.3 is 6.03 Å². The number of rotatable bonds is 1. The van der Waals surface area contributed by atoms with Crippen LogP contribution in [-0.2, 0) is 10.0 Å². The number of nitrogens with one attached hydrogen (secondary N) is 1. The summed E-state index contributed by atoms with van der Waals surface area (Å²) in [7, 11) is -3.89. The number of benzene rings is 1. The van der Waals surface area contributed by atoms with E-state index in [1.165, 1.54) is 12.1 Å². The van der Waals surface area contributed by atoms with Crippen LogP contribution in [-0.4, -0.2) is 24.8 Å². The molecule has 1 aromatic carbocycles. The molecule has 5 nitrogen and oxygen atoms in total. The van der Waals surface area contributed by atoms with Gasteiger partial charge in [0.1, 0.15) is 4.90 Å². The Morgan fingerprint density at radius 3 is 2.33 bits per heavy atom. The lowest BCUT2D eigenvalue weighted by atomic mass is 10.3. The number of carbonyl (C=O) groups is 1. The van der Waals surface area contributed by atoms with Crippen LogP contribution in [0.25, 0.3) is 0 Å². The first kappa shape index (κ1) is 13.5. The summed E-state index contributed by atoms with van der Waals surface area (Å²) < 4.78 is 25.3. The molecule has 1 N–H and O–H groups in total. The fourth-order valence-corrected chi connectivity index (χ4v) is 3.81. The predicted molar refractivity (Wildman–Crippen MR) is 69.6 cm³/mol. The number of nitrogens with zero attached hydrogens (tertiary/aromatic N) is 1. The van der Waals surface area contributed by atoms with Gasteiger partial charge in [-0.3, -0.25) is 0 Å². The molecule has 1 aromatic rings. The SMILES string of the molecule is CC(C)N1C(=O)Nc2cc(Cl)c(Cl)cc2S1(=O)=O. The highest BCUT2D eigenvalue weighted by molar-refractivity contribution is 7.90. The quantitative estimate of drug-likeness (QED) is 0.867.